The third kappa shape index (κ3) is 9.19. The Morgan fingerprint density at radius 1 is 0.872 bits per heavy atom. The van der Waals surface area contributed by atoms with Crippen molar-refractivity contribution in [1.82, 2.24) is 0 Å². The zero-order valence-electron chi connectivity index (χ0n) is 26.1. The minimum absolute atomic E-state index is 0. The Hall–Kier alpha value is 0.390. The minimum atomic E-state index is -1.27. The molecule has 4 aliphatic carbocycles. The van der Waals surface area contributed by atoms with Gasteiger partial charge in [0.25, 0.3) is 0 Å². The van der Waals surface area contributed by atoms with Crippen LogP contribution in [0.4, 0.5) is 0 Å². The average Bonchev–Trinajstić information content (AvgIpc) is 3.45. The van der Waals surface area contributed by atoms with Gasteiger partial charge in [-0.15, -0.1) is 0 Å². The van der Waals surface area contributed by atoms with Crippen molar-refractivity contribution in [3.8, 4) is 6.07 Å². The van der Waals surface area contributed by atoms with Gasteiger partial charge in [-0.1, -0.05) is 95.8 Å². The molecule has 5 rings (SSSR count). The van der Waals surface area contributed by atoms with Crippen molar-refractivity contribution in [3.05, 3.63) is 50.7 Å². The van der Waals surface area contributed by atoms with Crippen LogP contribution in [0, 0.1) is 61.7 Å². The molecule has 1 aromatic rings. The number of rotatable bonds is 5. The summed E-state index contributed by atoms with van der Waals surface area (Å²) in [7, 11) is 8.60. The molecule has 4 saturated carbocycles. The van der Waals surface area contributed by atoms with E-state index in [1.165, 1.54) is 39.0 Å². The van der Waals surface area contributed by atoms with Gasteiger partial charge in [-0.25, -0.2) is 0 Å². The van der Waals surface area contributed by atoms with E-state index in [0.717, 1.165) is 52.5 Å². The Kier molecular flexibility index (Phi) is 17.4. The molecular formula is C34H57Cl2NSiZr. The van der Waals surface area contributed by atoms with Crippen molar-refractivity contribution >= 4 is 25.1 Å². The van der Waals surface area contributed by atoms with Crippen molar-refractivity contribution < 1.29 is 20.8 Å². The zero-order chi connectivity index (χ0) is 27.0. The normalized spacial score (nSPS) is 33.5. The molecule has 0 heterocycles. The number of benzene rings is 1. The molecular weight excluding hydrogens is 613 g/mol. The Balaban J connectivity index is 0.000000875. The van der Waals surface area contributed by atoms with Crippen molar-refractivity contribution in [1.29, 1.82) is 5.26 Å². The van der Waals surface area contributed by atoms with Crippen LogP contribution in [-0.4, -0.2) is 8.07 Å². The SMILES string of the molecule is CC#N.CC(CC1CC([Si](C)(C)C2CC(C)C3CCCCC32)C2CCCCC12)c1ccccc1.[CH3-].[CH3-].[Cl][Zr+2][Cl]. The summed E-state index contributed by atoms with van der Waals surface area (Å²) in [6, 6.07) is 13.2. The van der Waals surface area contributed by atoms with Crippen LogP contribution in [0.3, 0.4) is 0 Å². The fourth-order valence-electron chi connectivity index (χ4n) is 9.72. The van der Waals surface area contributed by atoms with Gasteiger partial charge in [-0.2, -0.15) is 5.26 Å². The summed E-state index contributed by atoms with van der Waals surface area (Å²) in [5, 5.41) is 7.32. The fourth-order valence-corrected chi connectivity index (χ4v) is 15.2. The maximum atomic E-state index is 7.32. The van der Waals surface area contributed by atoms with Gasteiger partial charge < -0.3 is 14.9 Å². The second kappa shape index (κ2) is 18.1. The topological polar surface area (TPSA) is 23.8 Å². The molecule has 0 amide bonds. The summed E-state index contributed by atoms with van der Waals surface area (Å²) in [6.07, 6.45) is 17.0. The molecule has 0 N–H and O–H groups in total. The number of nitriles is 1. The zero-order valence-corrected chi connectivity index (χ0v) is 31.0. The monoisotopic (exact) mass is 667 g/mol. The van der Waals surface area contributed by atoms with Crippen LogP contribution >= 0.6 is 17.0 Å². The molecule has 0 saturated heterocycles. The predicted octanol–water partition coefficient (Wildman–Crippen LogP) is 12.1. The first-order valence-electron chi connectivity index (χ1n) is 15.1. The van der Waals surface area contributed by atoms with Crippen LogP contribution < -0.4 is 0 Å². The number of nitrogens with zero attached hydrogens (tertiary/aromatic N) is 1. The van der Waals surface area contributed by atoms with E-state index in [2.05, 4.69) is 57.3 Å². The summed E-state index contributed by atoms with van der Waals surface area (Å²) in [6.45, 7) is 12.3. The molecule has 9 unspecified atom stereocenters. The van der Waals surface area contributed by atoms with Crippen LogP contribution in [0.15, 0.2) is 30.3 Å². The van der Waals surface area contributed by atoms with E-state index in [0.29, 0.717) is 0 Å². The van der Waals surface area contributed by atoms with Gasteiger partial charge in [0, 0.05) is 6.92 Å². The molecule has 39 heavy (non-hydrogen) atoms. The second-order valence-corrected chi connectivity index (χ2v) is 22.2. The van der Waals surface area contributed by atoms with Crippen LogP contribution in [0.5, 0.6) is 0 Å². The van der Waals surface area contributed by atoms with Crippen molar-refractivity contribution in [2.75, 3.05) is 0 Å². The van der Waals surface area contributed by atoms with Crippen LogP contribution in [0.2, 0.25) is 24.2 Å². The van der Waals surface area contributed by atoms with Gasteiger partial charge in [-0.05, 0) is 90.2 Å². The first kappa shape index (κ1) is 37.4. The van der Waals surface area contributed by atoms with Crippen LogP contribution in [0.1, 0.15) is 103 Å². The van der Waals surface area contributed by atoms with E-state index in [4.69, 9.17) is 22.3 Å². The second-order valence-electron chi connectivity index (χ2n) is 13.3. The standard InChI is InChI=1S/C30H48Si.C2H3N.2CH3.2ClH.Zr/c1-21(23-12-6-5-7-13-23)18-24-20-30(28-17-11-9-15-26(24)28)31(3,4)29-19-22(2)25-14-8-10-16-27(25)29;1-2-3;;;;;/h5-7,12-13,21-22,24-30H,8-11,14-20H2,1-4H3;1H3;2*1H3;2*1H;/q;;2*-1;;;+4/p-2. The molecule has 0 bridgehead atoms. The van der Waals surface area contributed by atoms with Gasteiger partial charge in [-0.3, -0.25) is 0 Å². The van der Waals surface area contributed by atoms with E-state index in [9.17, 15) is 0 Å². The quantitative estimate of drug-likeness (QED) is 0.226. The fraction of sp³-hybridized carbons (Fsp3) is 0.735. The number of hydrogen-bond donors (Lipinski definition) is 0. The van der Waals surface area contributed by atoms with Crippen molar-refractivity contribution in [3.63, 3.8) is 0 Å². The summed E-state index contributed by atoms with van der Waals surface area (Å²) in [5.41, 5.74) is 3.82. The molecule has 0 radical (unpaired) electrons. The molecule has 1 aromatic carbocycles. The predicted molar refractivity (Wildman–Crippen MR) is 173 cm³/mol. The average molecular weight is 670 g/mol. The molecule has 5 heteroatoms. The van der Waals surface area contributed by atoms with Crippen LogP contribution in [-0.2, 0) is 20.8 Å². The summed E-state index contributed by atoms with van der Waals surface area (Å²) >= 11 is -0.826. The first-order chi connectivity index (χ1) is 17.8. The van der Waals surface area contributed by atoms with Gasteiger partial charge in [0.1, 0.15) is 0 Å². The number of fused-ring (bicyclic) bond motifs is 2. The summed E-state index contributed by atoms with van der Waals surface area (Å²) in [5.74, 6) is 7.07. The molecule has 0 aromatic heterocycles. The third-order valence-electron chi connectivity index (χ3n) is 11.2. The molecule has 220 valence electrons. The Morgan fingerprint density at radius 3 is 1.85 bits per heavy atom. The molecule has 1 nitrogen and oxygen atoms in total. The van der Waals surface area contributed by atoms with E-state index in [1.807, 2.05) is 0 Å². The molecule has 4 fully saturated rings. The van der Waals surface area contributed by atoms with Gasteiger partial charge in [0.2, 0.25) is 0 Å². The van der Waals surface area contributed by atoms with Crippen LogP contribution in [0.25, 0.3) is 0 Å². The van der Waals surface area contributed by atoms with E-state index in [-0.39, 0.29) is 14.9 Å². The molecule has 0 spiro atoms. The van der Waals surface area contributed by atoms with Gasteiger partial charge in [0.15, 0.2) is 0 Å². The molecule has 0 aliphatic heterocycles. The molecule has 9 atom stereocenters. The maximum absolute atomic E-state index is 7.32. The Morgan fingerprint density at radius 2 is 1.31 bits per heavy atom. The Bertz CT molecular complexity index is 843. The first-order valence-corrected chi connectivity index (χ1v) is 24.6. The third-order valence-corrected chi connectivity index (χ3v) is 16.4. The van der Waals surface area contributed by atoms with E-state index >= 15 is 0 Å². The number of halogens is 2. The van der Waals surface area contributed by atoms with Gasteiger partial charge in [0.05, 0.1) is 14.1 Å². The Labute approximate surface area is 263 Å². The van der Waals surface area contributed by atoms with Crippen molar-refractivity contribution in [2.45, 2.75) is 121 Å². The summed E-state index contributed by atoms with van der Waals surface area (Å²) < 4.78 is 0. The van der Waals surface area contributed by atoms with E-state index in [1.54, 1.807) is 50.2 Å². The number of hydrogen-bond acceptors (Lipinski definition) is 1. The van der Waals surface area contributed by atoms with Crippen molar-refractivity contribution in [2.24, 2.45) is 35.5 Å². The molecule has 4 aliphatic rings. The summed E-state index contributed by atoms with van der Waals surface area (Å²) in [4.78, 5) is 0. The van der Waals surface area contributed by atoms with E-state index < -0.39 is 28.9 Å². The van der Waals surface area contributed by atoms with Gasteiger partial charge >= 0.3 is 37.9 Å².